The van der Waals surface area contributed by atoms with Gasteiger partial charge >= 0.3 is 0 Å². The van der Waals surface area contributed by atoms with Crippen LogP contribution in [0.15, 0.2) is 30.5 Å². The molecule has 0 aliphatic rings. The highest BCUT2D eigenvalue weighted by Crippen LogP contribution is 2.14. The van der Waals surface area contributed by atoms with Gasteiger partial charge in [-0.25, -0.2) is 0 Å². The molecule has 2 heteroatoms. The standard InChI is InChI=1S/C12H16N2/c1-2-13-7-5-10-3-4-12-11(9-10)6-8-14-12/h3-4,6,8-9,13-14H,2,5,7H2,1H3. The molecule has 0 amide bonds. The summed E-state index contributed by atoms with van der Waals surface area (Å²) in [4.78, 5) is 3.20. The second-order valence-corrected chi connectivity index (χ2v) is 3.50. The molecule has 2 rings (SSSR count). The van der Waals surface area contributed by atoms with Crippen LogP contribution in [0.25, 0.3) is 10.9 Å². The van der Waals surface area contributed by atoms with Crippen LogP contribution in [0.5, 0.6) is 0 Å². The minimum absolute atomic E-state index is 1.05. The summed E-state index contributed by atoms with van der Waals surface area (Å²) in [5.74, 6) is 0. The van der Waals surface area contributed by atoms with E-state index in [9.17, 15) is 0 Å². The summed E-state index contributed by atoms with van der Waals surface area (Å²) in [5, 5.41) is 4.64. The molecule has 1 aromatic heterocycles. The van der Waals surface area contributed by atoms with Crippen LogP contribution in [0.1, 0.15) is 12.5 Å². The minimum Gasteiger partial charge on any atom is -0.361 e. The third kappa shape index (κ3) is 1.96. The number of aromatic nitrogens is 1. The average Bonchev–Trinajstić information content (AvgIpc) is 2.65. The van der Waals surface area contributed by atoms with Crippen LogP contribution >= 0.6 is 0 Å². The lowest BCUT2D eigenvalue weighted by atomic mass is 10.1. The highest BCUT2D eigenvalue weighted by molar-refractivity contribution is 5.79. The molecule has 14 heavy (non-hydrogen) atoms. The van der Waals surface area contributed by atoms with Gasteiger partial charge in [-0.1, -0.05) is 13.0 Å². The van der Waals surface area contributed by atoms with Gasteiger partial charge in [0.25, 0.3) is 0 Å². The molecular formula is C12H16N2. The lowest BCUT2D eigenvalue weighted by molar-refractivity contribution is 0.717. The fraction of sp³-hybridized carbons (Fsp3) is 0.333. The summed E-state index contributed by atoms with van der Waals surface area (Å²) in [6.45, 7) is 4.24. The van der Waals surface area contributed by atoms with Crippen LogP contribution in [0, 0.1) is 0 Å². The fourth-order valence-electron chi connectivity index (χ4n) is 1.67. The SMILES string of the molecule is CCNCCc1ccc2[nH]ccc2c1. The Bertz CT molecular complexity index is 403. The Morgan fingerprint density at radius 2 is 2.21 bits per heavy atom. The van der Waals surface area contributed by atoms with Crippen molar-refractivity contribution in [3.05, 3.63) is 36.0 Å². The lowest BCUT2D eigenvalue weighted by Crippen LogP contribution is -2.15. The fourth-order valence-corrected chi connectivity index (χ4v) is 1.67. The van der Waals surface area contributed by atoms with Crippen LogP contribution in [-0.2, 0) is 6.42 Å². The van der Waals surface area contributed by atoms with E-state index in [-0.39, 0.29) is 0 Å². The van der Waals surface area contributed by atoms with Crippen molar-refractivity contribution in [3.8, 4) is 0 Å². The van der Waals surface area contributed by atoms with E-state index in [4.69, 9.17) is 0 Å². The van der Waals surface area contributed by atoms with Crippen molar-refractivity contribution in [1.29, 1.82) is 0 Å². The Balaban J connectivity index is 2.10. The molecule has 0 radical (unpaired) electrons. The van der Waals surface area contributed by atoms with Gasteiger partial charge in [0.2, 0.25) is 0 Å². The van der Waals surface area contributed by atoms with E-state index >= 15 is 0 Å². The van der Waals surface area contributed by atoms with Gasteiger partial charge in [0, 0.05) is 11.7 Å². The lowest BCUT2D eigenvalue weighted by Gasteiger charge is -2.02. The third-order valence-electron chi connectivity index (χ3n) is 2.46. The first-order valence-electron chi connectivity index (χ1n) is 5.17. The van der Waals surface area contributed by atoms with Gasteiger partial charge in [-0.05, 0) is 48.7 Å². The smallest absolute Gasteiger partial charge is 0.0454 e. The number of nitrogens with one attached hydrogen (secondary N) is 2. The highest BCUT2D eigenvalue weighted by Gasteiger charge is 1.96. The molecule has 0 atom stereocenters. The van der Waals surface area contributed by atoms with Crippen molar-refractivity contribution in [2.24, 2.45) is 0 Å². The maximum Gasteiger partial charge on any atom is 0.0454 e. The maximum atomic E-state index is 3.33. The topological polar surface area (TPSA) is 27.8 Å². The second-order valence-electron chi connectivity index (χ2n) is 3.50. The van der Waals surface area contributed by atoms with Gasteiger partial charge in [0.1, 0.15) is 0 Å². The normalized spacial score (nSPS) is 10.9. The molecule has 0 bridgehead atoms. The van der Waals surface area contributed by atoms with Crippen molar-refractivity contribution >= 4 is 10.9 Å². The molecule has 0 aliphatic carbocycles. The van der Waals surface area contributed by atoms with Crippen LogP contribution in [0.2, 0.25) is 0 Å². The van der Waals surface area contributed by atoms with Gasteiger partial charge < -0.3 is 10.3 Å². The zero-order valence-electron chi connectivity index (χ0n) is 8.51. The average molecular weight is 188 g/mol. The predicted octanol–water partition coefficient (Wildman–Crippen LogP) is 2.32. The predicted molar refractivity (Wildman–Crippen MR) is 60.5 cm³/mol. The van der Waals surface area contributed by atoms with Crippen molar-refractivity contribution in [2.75, 3.05) is 13.1 Å². The Morgan fingerprint density at radius 3 is 3.07 bits per heavy atom. The highest BCUT2D eigenvalue weighted by atomic mass is 14.8. The molecule has 0 aliphatic heterocycles. The molecule has 1 heterocycles. The second kappa shape index (κ2) is 4.29. The number of H-pyrrole nitrogens is 1. The number of aromatic amines is 1. The number of benzene rings is 1. The van der Waals surface area contributed by atoms with Gasteiger partial charge in [-0.15, -0.1) is 0 Å². The Hall–Kier alpha value is -1.28. The molecule has 2 nitrogen and oxygen atoms in total. The molecule has 0 saturated carbocycles. The molecule has 74 valence electrons. The number of hydrogen-bond donors (Lipinski definition) is 2. The first-order valence-corrected chi connectivity index (χ1v) is 5.17. The van der Waals surface area contributed by atoms with Crippen LogP contribution in [0.4, 0.5) is 0 Å². The van der Waals surface area contributed by atoms with E-state index in [1.54, 1.807) is 0 Å². The number of hydrogen-bond acceptors (Lipinski definition) is 1. The number of rotatable bonds is 4. The number of fused-ring (bicyclic) bond motifs is 1. The molecular weight excluding hydrogens is 172 g/mol. The number of likely N-dealkylation sites (N-methyl/N-ethyl adjacent to an activating group) is 1. The molecule has 0 spiro atoms. The summed E-state index contributed by atoms with van der Waals surface area (Å²) < 4.78 is 0. The molecule has 0 saturated heterocycles. The van der Waals surface area contributed by atoms with Crippen molar-refractivity contribution in [1.82, 2.24) is 10.3 Å². The summed E-state index contributed by atoms with van der Waals surface area (Å²) >= 11 is 0. The van der Waals surface area contributed by atoms with E-state index < -0.39 is 0 Å². The molecule has 0 fully saturated rings. The largest absolute Gasteiger partial charge is 0.361 e. The van der Waals surface area contributed by atoms with Gasteiger partial charge in [-0.2, -0.15) is 0 Å². The summed E-state index contributed by atoms with van der Waals surface area (Å²) in [7, 11) is 0. The molecule has 0 unspecified atom stereocenters. The summed E-state index contributed by atoms with van der Waals surface area (Å²) in [6.07, 6.45) is 3.09. The summed E-state index contributed by atoms with van der Waals surface area (Å²) in [6, 6.07) is 8.71. The molecule has 2 aromatic rings. The van der Waals surface area contributed by atoms with Crippen molar-refractivity contribution in [3.63, 3.8) is 0 Å². The Labute approximate surface area is 84.3 Å². The van der Waals surface area contributed by atoms with Crippen LogP contribution < -0.4 is 5.32 Å². The van der Waals surface area contributed by atoms with E-state index in [1.165, 1.54) is 16.5 Å². The first kappa shape index (κ1) is 9.28. The van der Waals surface area contributed by atoms with Crippen molar-refractivity contribution in [2.45, 2.75) is 13.3 Å². The van der Waals surface area contributed by atoms with Gasteiger partial charge in [0.05, 0.1) is 0 Å². The zero-order valence-corrected chi connectivity index (χ0v) is 8.51. The monoisotopic (exact) mass is 188 g/mol. The Kier molecular flexibility index (Phi) is 2.84. The van der Waals surface area contributed by atoms with Gasteiger partial charge in [0.15, 0.2) is 0 Å². The maximum absolute atomic E-state index is 3.33. The van der Waals surface area contributed by atoms with Gasteiger partial charge in [-0.3, -0.25) is 0 Å². The van der Waals surface area contributed by atoms with Crippen LogP contribution in [0.3, 0.4) is 0 Å². The first-order chi connectivity index (χ1) is 6.90. The van der Waals surface area contributed by atoms with E-state index in [1.807, 2.05) is 6.20 Å². The molecule has 2 N–H and O–H groups in total. The zero-order chi connectivity index (χ0) is 9.80. The van der Waals surface area contributed by atoms with E-state index in [2.05, 4.69) is 41.5 Å². The van der Waals surface area contributed by atoms with Crippen molar-refractivity contribution < 1.29 is 0 Å². The van der Waals surface area contributed by atoms with E-state index in [0.717, 1.165) is 19.5 Å². The quantitative estimate of drug-likeness (QED) is 0.708. The van der Waals surface area contributed by atoms with Crippen LogP contribution in [-0.4, -0.2) is 18.1 Å². The molecule has 1 aromatic carbocycles. The third-order valence-corrected chi connectivity index (χ3v) is 2.46. The van der Waals surface area contributed by atoms with E-state index in [0.29, 0.717) is 0 Å². The Morgan fingerprint density at radius 1 is 1.29 bits per heavy atom. The summed E-state index contributed by atoms with van der Waals surface area (Å²) in [5.41, 5.74) is 2.62. The minimum atomic E-state index is 1.05.